The molecule has 0 radical (unpaired) electrons. The molecule has 0 bridgehead atoms. The van der Waals surface area contributed by atoms with Gasteiger partial charge in [0.05, 0.1) is 5.71 Å². The summed E-state index contributed by atoms with van der Waals surface area (Å²) in [4.78, 5) is 24.5. The lowest BCUT2D eigenvalue weighted by Gasteiger charge is -2.08. The van der Waals surface area contributed by atoms with E-state index in [9.17, 15) is 9.59 Å². The number of benzene rings is 3. The first-order valence-electron chi connectivity index (χ1n) is 11.2. The molecule has 0 spiro atoms. The van der Waals surface area contributed by atoms with Crippen LogP contribution in [-0.2, 0) is 4.79 Å². The average molecular weight is 452 g/mol. The third-order valence-electron chi connectivity index (χ3n) is 4.80. The van der Waals surface area contributed by atoms with Crippen molar-refractivity contribution in [2.24, 2.45) is 11.0 Å². The Bertz CT molecular complexity index is 1110. The maximum absolute atomic E-state index is 12.6. The Morgan fingerprint density at radius 1 is 0.794 bits per heavy atom. The van der Waals surface area contributed by atoms with Crippen molar-refractivity contribution in [1.29, 1.82) is 0 Å². The van der Waals surface area contributed by atoms with Crippen LogP contribution in [0.25, 0.3) is 12.2 Å². The SMILES string of the molecule is CC(C)CC(=O)Nc1ccc(C(=O)NN=C(C=Cc2ccccc2)C=Cc2ccccc2)cc1. The normalized spacial score (nSPS) is 11.0. The van der Waals surface area contributed by atoms with Gasteiger partial charge in [0.2, 0.25) is 5.91 Å². The number of allylic oxidation sites excluding steroid dienone is 2. The van der Waals surface area contributed by atoms with E-state index in [2.05, 4.69) is 15.8 Å². The van der Waals surface area contributed by atoms with Crippen molar-refractivity contribution < 1.29 is 9.59 Å². The number of carbonyl (C=O) groups excluding carboxylic acids is 2. The zero-order chi connectivity index (χ0) is 24.2. The van der Waals surface area contributed by atoms with Crippen molar-refractivity contribution >= 4 is 35.4 Å². The van der Waals surface area contributed by atoms with Crippen LogP contribution in [0.4, 0.5) is 5.69 Å². The van der Waals surface area contributed by atoms with Crippen LogP contribution in [0.15, 0.2) is 102 Å². The molecular formula is C29H29N3O2. The first-order chi connectivity index (χ1) is 16.5. The van der Waals surface area contributed by atoms with Crippen molar-refractivity contribution in [2.45, 2.75) is 20.3 Å². The molecule has 0 heterocycles. The zero-order valence-electron chi connectivity index (χ0n) is 19.4. The molecule has 0 aliphatic carbocycles. The van der Waals surface area contributed by atoms with Crippen LogP contribution in [0.5, 0.6) is 0 Å². The molecule has 5 nitrogen and oxygen atoms in total. The second-order valence-electron chi connectivity index (χ2n) is 8.19. The fourth-order valence-electron chi connectivity index (χ4n) is 3.09. The number of anilines is 1. The number of nitrogens with zero attached hydrogens (tertiary/aromatic N) is 1. The lowest BCUT2D eigenvalue weighted by atomic mass is 10.1. The van der Waals surface area contributed by atoms with Crippen LogP contribution in [0, 0.1) is 5.92 Å². The Kier molecular flexibility index (Phi) is 9.11. The summed E-state index contributed by atoms with van der Waals surface area (Å²) in [6.07, 6.45) is 8.03. The Hall–Kier alpha value is -4.25. The van der Waals surface area contributed by atoms with Gasteiger partial charge in [0, 0.05) is 17.7 Å². The third kappa shape index (κ3) is 8.36. The number of carbonyl (C=O) groups is 2. The van der Waals surface area contributed by atoms with Gasteiger partial charge in [-0.25, -0.2) is 5.43 Å². The van der Waals surface area contributed by atoms with Gasteiger partial charge in [0.1, 0.15) is 0 Å². The highest BCUT2D eigenvalue weighted by atomic mass is 16.2. The maximum Gasteiger partial charge on any atom is 0.271 e. The number of rotatable bonds is 9. The summed E-state index contributed by atoms with van der Waals surface area (Å²) in [6, 6.07) is 26.5. The van der Waals surface area contributed by atoms with Gasteiger partial charge >= 0.3 is 0 Å². The Labute approximate surface area is 200 Å². The fraction of sp³-hybridized carbons (Fsp3) is 0.138. The molecule has 0 aromatic heterocycles. The van der Waals surface area contributed by atoms with Gasteiger partial charge in [-0.15, -0.1) is 0 Å². The van der Waals surface area contributed by atoms with Crippen LogP contribution in [0.2, 0.25) is 0 Å². The summed E-state index contributed by atoms with van der Waals surface area (Å²) < 4.78 is 0. The molecule has 0 aliphatic rings. The van der Waals surface area contributed by atoms with Gasteiger partial charge in [0.15, 0.2) is 0 Å². The molecule has 0 fully saturated rings. The van der Waals surface area contributed by atoms with E-state index >= 15 is 0 Å². The summed E-state index contributed by atoms with van der Waals surface area (Å²) in [5.41, 5.74) is 6.38. The van der Waals surface area contributed by atoms with Crippen molar-refractivity contribution in [3.05, 3.63) is 114 Å². The van der Waals surface area contributed by atoms with Gasteiger partial charge in [-0.2, -0.15) is 5.10 Å². The van der Waals surface area contributed by atoms with E-state index in [4.69, 9.17) is 0 Å². The predicted octanol–water partition coefficient (Wildman–Crippen LogP) is 6.18. The van der Waals surface area contributed by atoms with E-state index in [1.807, 2.05) is 98.8 Å². The second-order valence-corrected chi connectivity index (χ2v) is 8.19. The first-order valence-corrected chi connectivity index (χ1v) is 11.2. The van der Waals surface area contributed by atoms with E-state index in [1.54, 1.807) is 24.3 Å². The van der Waals surface area contributed by atoms with Crippen LogP contribution < -0.4 is 10.7 Å². The maximum atomic E-state index is 12.6. The minimum atomic E-state index is -0.334. The molecule has 3 aromatic carbocycles. The molecule has 3 rings (SSSR count). The predicted molar refractivity (Wildman–Crippen MR) is 140 cm³/mol. The zero-order valence-corrected chi connectivity index (χ0v) is 19.4. The number of nitrogens with one attached hydrogen (secondary N) is 2. The van der Waals surface area contributed by atoms with E-state index in [1.165, 1.54) is 0 Å². The number of hydrogen-bond acceptors (Lipinski definition) is 3. The highest BCUT2D eigenvalue weighted by Crippen LogP contribution is 2.11. The van der Waals surface area contributed by atoms with Crippen LogP contribution in [0.3, 0.4) is 0 Å². The molecule has 0 saturated carbocycles. The van der Waals surface area contributed by atoms with Gasteiger partial charge in [-0.05, 0) is 53.5 Å². The summed E-state index contributed by atoms with van der Waals surface area (Å²) in [7, 11) is 0. The minimum Gasteiger partial charge on any atom is -0.326 e. The molecule has 5 heteroatoms. The van der Waals surface area contributed by atoms with E-state index in [0.717, 1.165) is 11.1 Å². The number of hydrogen-bond donors (Lipinski definition) is 2. The second kappa shape index (κ2) is 12.7. The summed E-state index contributed by atoms with van der Waals surface area (Å²) >= 11 is 0. The topological polar surface area (TPSA) is 70.6 Å². The molecule has 172 valence electrons. The molecule has 34 heavy (non-hydrogen) atoms. The van der Waals surface area contributed by atoms with E-state index < -0.39 is 0 Å². The highest BCUT2D eigenvalue weighted by Gasteiger charge is 2.08. The van der Waals surface area contributed by atoms with Gasteiger partial charge in [-0.3, -0.25) is 9.59 Å². The molecule has 2 amide bonds. The van der Waals surface area contributed by atoms with E-state index in [-0.39, 0.29) is 17.7 Å². The molecule has 0 atom stereocenters. The summed E-state index contributed by atoms with van der Waals surface area (Å²) in [5, 5.41) is 7.15. The molecule has 0 unspecified atom stereocenters. The first kappa shape index (κ1) is 24.4. The lowest BCUT2D eigenvalue weighted by Crippen LogP contribution is -2.19. The highest BCUT2D eigenvalue weighted by molar-refractivity contribution is 6.09. The van der Waals surface area contributed by atoms with Crippen LogP contribution in [0.1, 0.15) is 41.8 Å². The fourth-order valence-corrected chi connectivity index (χ4v) is 3.09. The number of amides is 2. The minimum absolute atomic E-state index is 0.0446. The van der Waals surface area contributed by atoms with Crippen molar-refractivity contribution in [3.63, 3.8) is 0 Å². The van der Waals surface area contributed by atoms with Crippen molar-refractivity contribution in [2.75, 3.05) is 5.32 Å². The monoisotopic (exact) mass is 451 g/mol. The molecule has 0 aliphatic heterocycles. The van der Waals surface area contributed by atoms with Crippen molar-refractivity contribution in [1.82, 2.24) is 5.43 Å². The number of hydrazone groups is 1. The quantitative estimate of drug-likeness (QED) is 0.301. The smallest absolute Gasteiger partial charge is 0.271 e. The van der Waals surface area contributed by atoms with Crippen molar-refractivity contribution in [3.8, 4) is 0 Å². The summed E-state index contributed by atoms with van der Waals surface area (Å²) in [6.45, 7) is 3.98. The summed E-state index contributed by atoms with van der Waals surface area (Å²) in [5.74, 6) is -0.0976. The van der Waals surface area contributed by atoms with E-state index in [0.29, 0.717) is 23.4 Å². The van der Waals surface area contributed by atoms with Gasteiger partial charge in [0.25, 0.3) is 5.91 Å². The van der Waals surface area contributed by atoms with Gasteiger partial charge in [-0.1, -0.05) is 86.7 Å². The van der Waals surface area contributed by atoms with Crippen LogP contribution in [-0.4, -0.2) is 17.5 Å². The van der Waals surface area contributed by atoms with Gasteiger partial charge < -0.3 is 5.32 Å². The molecular weight excluding hydrogens is 422 g/mol. The largest absolute Gasteiger partial charge is 0.326 e. The molecule has 0 saturated heterocycles. The Balaban J connectivity index is 1.70. The standard InChI is InChI=1S/C29H29N3O2/c1-22(2)21-28(33)30-26-19-15-25(16-20-26)29(34)32-31-27(17-13-23-9-5-3-6-10-23)18-14-24-11-7-4-8-12-24/h3-20,22H,21H2,1-2H3,(H,30,33)(H,32,34). The third-order valence-corrected chi connectivity index (χ3v) is 4.80. The molecule has 2 N–H and O–H groups in total. The lowest BCUT2D eigenvalue weighted by molar-refractivity contribution is -0.116. The average Bonchev–Trinajstić information content (AvgIpc) is 2.84. The Morgan fingerprint density at radius 2 is 1.32 bits per heavy atom. The van der Waals surface area contributed by atoms with Crippen LogP contribution >= 0.6 is 0 Å². The molecule has 3 aromatic rings. The Morgan fingerprint density at radius 3 is 1.82 bits per heavy atom.